The number of carbonyl (C=O) groups is 1. The summed E-state index contributed by atoms with van der Waals surface area (Å²) in [5, 5.41) is 5.23. The fraction of sp³-hybridized carbons (Fsp3) is 0.171. The van der Waals surface area contributed by atoms with Crippen LogP contribution in [0, 0.1) is 15.3 Å². The third kappa shape index (κ3) is 6.50. The van der Waals surface area contributed by atoms with E-state index in [4.69, 9.17) is 9.47 Å². The average Bonchev–Trinajstić information content (AvgIpc) is 3.38. The van der Waals surface area contributed by atoms with Crippen LogP contribution in [-0.4, -0.2) is 36.8 Å². The summed E-state index contributed by atoms with van der Waals surface area (Å²) in [4.78, 5) is 44.4. The molecule has 0 unspecified atom stereocenters. The van der Waals surface area contributed by atoms with Crippen molar-refractivity contribution in [2.24, 2.45) is 0 Å². The van der Waals surface area contributed by atoms with Gasteiger partial charge in [0.05, 0.1) is 24.7 Å². The Morgan fingerprint density at radius 2 is 1.65 bits per heavy atom. The summed E-state index contributed by atoms with van der Waals surface area (Å²) >= 11 is 2.08. The second kappa shape index (κ2) is 13.5. The molecule has 0 atom stereocenters. The summed E-state index contributed by atoms with van der Waals surface area (Å²) in [5.74, 6) is -0.864. The maximum Gasteiger partial charge on any atom is 0.335 e. The highest BCUT2D eigenvalue weighted by Gasteiger charge is 2.21. The fourth-order valence-corrected chi connectivity index (χ4v) is 5.98. The molecule has 0 N–H and O–H groups in total. The highest BCUT2D eigenvalue weighted by atomic mass is 127. The fourth-order valence-electron chi connectivity index (χ4n) is 5.21. The molecule has 10 nitrogen and oxygen atoms in total. The molecular formula is C35H28F2IN5O5. The number of methoxy groups -OCH3 is 1. The minimum Gasteiger partial charge on any atom is -0.497 e. The van der Waals surface area contributed by atoms with E-state index >= 15 is 4.39 Å². The Morgan fingerprint density at radius 1 is 0.938 bits per heavy atom. The van der Waals surface area contributed by atoms with Gasteiger partial charge in [0.1, 0.15) is 26.6 Å². The number of hydrogen-bond donors (Lipinski definition) is 0. The molecule has 0 aliphatic heterocycles. The van der Waals surface area contributed by atoms with Crippen LogP contribution in [0.2, 0.25) is 0 Å². The van der Waals surface area contributed by atoms with Crippen LogP contribution in [-0.2, 0) is 13.0 Å². The van der Waals surface area contributed by atoms with Gasteiger partial charge in [-0.2, -0.15) is 5.10 Å². The van der Waals surface area contributed by atoms with Crippen molar-refractivity contribution in [3.63, 3.8) is 0 Å². The summed E-state index contributed by atoms with van der Waals surface area (Å²) in [7, 11) is 1.60. The number of aromatic nitrogens is 5. The second-order valence-electron chi connectivity index (χ2n) is 11.2. The number of nitrogens with zero attached hydrogens (tertiary/aromatic N) is 5. The van der Waals surface area contributed by atoms with E-state index in [1.165, 1.54) is 41.1 Å². The van der Waals surface area contributed by atoms with Crippen molar-refractivity contribution < 1.29 is 23.0 Å². The first-order valence-electron chi connectivity index (χ1n) is 14.8. The molecule has 6 rings (SSSR count). The molecule has 0 radical (unpaired) electrons. The number of ketones is 1. The first-order chi connectivity index (χ1) is 23.0. The zero-order valence-electron chi connectivity index (χ0n) is 26.0. The zero-order valence-corrected chi connectivity index (χ0v) is 28.1. The van der Waals surface area contributed by atoms with Crippen molar-refractivity contribution in [1.29, 1.82) is 0 Å². The largest absolute Gasteiger partial charge is 0.497 e. The number of carbonyl (C=O) groups excluding carboxylic acids is 1. The van der Waals surface area contributed by atoms with Gasteiger partial charge in [0, 0.05) is 30.9 Å². The summed E-state index contributed by atoms with van der Waals surface area (Å²) in [6, 6.07) is 17.7. The number of benzene rings is 3. The number of hydrogen-bond acceptors (Lipinski definition) is 7. The number of fused-ring (bicyclic) bond motifs is 1. The lowest BCUT2D eigenvalue weighted by molar-refractivity contribution is 0.0990. The van der Waals surface area contributed by atoms with Crippen LogP contribution in [0.5, 0.6) is 17.2 Å². The molecule has 48 heavy (non-hydrogen) atoms. The molecule has 0 aliphatic rings. The van der Waals surface area contributed by atoms with Gasteiger partial charge in [-0.05, 0) is 96.1 Å². The lowest BCUT2D eigenvalue weighted by Crippen LogP contribution is -2.42. The summed E-state index contributed by atoms with van der Waals surface area (Å²) < 4.78 is 44.7. The number of Topliss-reactive ketones (excluding diaryl/α,β-unsaturated/α-hetero) is 1. The monoisotopic (exact) mass is 763 g/mol. The third-order valence-electron chi connectivity index (χ3n) is 7.68. The second-order valence-corrected chi connectivity index (χ2v) is 12.2. The molecule has 3 aromatic carbocycles. The molecule has 244 valence electrons. The summed E-state index contributed by atoms with van der Waals surface area (Å²) in [6.45, 7) is 3.90. The molecule has 0 aliphatic carbocycles. The first-order valence-corrected chi connectivity index (χ1v) is 15.9. The molecule has 0 bridgehead atoms. The van der Waals surface area contributed by atoms with Gasteiger partial charge >= 0.3 is 5.69 Å². The Bertz CT molecular complexity index is 2280. The van der Waals surface area contributed by atoms with Gasteiger partial charge in [-0.3, -0.25) is 14.2 Å². The van der Waals surface area contributed by atoms with Crippen LogP contribution in [0.3, 0.4) is 0 Å². The van der Waals surface area contributed by atoms with Crippen molar-refractivity contribution in [2.75, 3.05) is 7.11 Å². The molecule has 13 heteroatoms. The van der Waals surface area contributed by atoms with E-state index in [1.807, 2.05) is 24.3 Å². The minimum absolute atomic E-state index is 0.0792. The number of pyridine rings is 1. The topological polar surface area (TPSA) is 110 Å². The van der Waals surface area contributed by atoms with Crippen LogP contribution >= 0.6 is 22.6 Å². The van der Waals surface area contributed by atoms with Crippen LogP contribution in [0.1, 0.15) is 41.4 Å². The summed E-state index contributed by atoms with van der Waals surface area (Å²) in [5.41, 5.74) is 0.182. The Balaban J connectivity index is 1.26. The van der Waals surface area contributed by atoms with Gasteiger partial charge in [0.15, 0.2) is 23.0 Å². The quantitative estimate of drug-likeness (QED) is 0.116. The molecule has 0 saturated carbocycles. The predicted octanol–water partition coefficient (Wildman–Crippen LogP) is 6.48. The smallest absolute Gasteiger partial charge is 0.335 e. The standard InChI is InChI=1S/C35H28F2IN5O5/c1-20(2)41-19-26(34(45)43(35(41)46)24-9-7-23(36)8-10-24)28(44)17-22-6-13-29(27(37)16-22)48-30-14-15-39-33-31(30)32(38)40-42(33)18-21-4-11-25(47-3)12-5-21/h4-16,19-20H,17-18H2,1-3H3. The first kappa shape index (κ1) is 32.7. The molecule has 0 amide bonds. The van der Waals surface area contributed by atoms with E-state index < -0.39 is 28.7 Å². The Labute approximate surface area is 286 Å². The normalized spacial score (nSPS) is 11.3. The SMILES string of the molecule is COc1ccc(Cn2nc(I)c3c(Oc4ccc(CC(=O)c5cn(C(C)C)c(=O)n(-c6ccc(F)cc6)c5=O)cc4F)ccnc32)cc1. The predicted molar refractivity (Wildman–Crippen MR) is 183 cm³/mol. The highest BCUT2D eigenvalue weighted by Crippen LogP contribution is 2.34. The van der Waals surface area contributed by atoms with E-state index in [0.717, 1.165) is 28.0 Å². The molecule has 0 spiro atoms. The lowest BCUT2D eigenvalue weighted by Gasteiger charge is -2.15. The van der Waals surface area contributed by atoms with E-state index in [9.17, 15) is 18.8 Å². The van der Waals surface area contributed by atoms with Crippen LogP contribution in [0.25, 0.3) is 16.7 Å². The van der Waals surface area contributed by atoms with Gasteiger partial charge in [0.2, 0.25) is 0 Å². The van der Waals surface area contributed by atoms with Crippen molar-refractivity contribution >= 4 is 39.4 Å². The molecule has 3 heterocycles. The van der Waals surface area contributed by atoms with Gasteiger partial charge in [-0.15, -0.1) is 0 Å². The third-order valence-corrected chi connectivity index (χ3v) is 8.43. The van der Waals surface area contributed by atoms with E-state index in [-0.39, 0.29) is 29.5 Å². The molecule has 6 aromatic rings. The van der Waals surface area contributed by atoms with Gasteiger partial charge < -0.3 is 9.47 Å². The average molecular weight is 764 g/mol. The number of rotatable bonds is 10. The Morgan fingerprint density at radius 3 is 2.31 bits per heavy atom. The van der Waals surface area contributed by atoms with Gasteiger partial charge in [-0.1, -0.05) is 18.2 Å². The number of halogens is 3. The van der Waals surface area contributed by atoms with Crippen LogP contribution in [0.15, 0.2) is 94.8 Å². The minimum atomic E-state index is -0.849. The van der Waals surface area contributed by atoms with Crippen LogP contribution < -0.4 is 20.7 Å². The maximum absolute atomic E-state index is 15.4. The van der Waals surface area contributed by atoms with E-state index in [2.05, 4.69) is 32.7 Å². The van der Waals surface area contributed by atoms with Crippen LogP contribution in [0.4, 0.5) is 8.78 Å². The summed E-state index contributed by atoms with van der Waals surface area (Å²) in [6.07, 6.45) is 2.46. The van der Waals surface area contributed by atoms with Crippen molar-refractivity contribution in [2.45, 2.75) is 32.9 Å². The van der Waals surface area contributed by atoms with Crippen molar-refractivity contribution in [3.8, 4) is 22.9 Å². The Hall–Kier alpha value is -5.18. The molecule has 0 saturated heterocycles. The zero-order chi connectivity index (χ0) is 34.1. The lowest BCUT2D eigenvalue weighted by atomic mass is 10.0. The van der Waals surface area contributed by atoms with Crippen molar-refractivity contribution in [3.05, 3.63) is 138 Å². The highest BCUT2D eigenvalue weighted by molar-refractivity contribution is 14.1. The molecular weight excluding hydrogens is 735 g/mol. The van der Waals surface area contributed by atoms with E-state index in [1.54, 1.807) is 37.9 Å². The van der Waals surface area contributed by atoms with Crippen molar-refractivity contribution in [1.82, 2.24) is 23.9 Å². The molecule has 3 aromatic heterocycles. The van der Waals surface area contributed by atoms with E-state index in [0.29, 0.717) is 32.6 Å². The van der Waals surface area contributed by atoms with Gasteiger partial charge in [-0.25, -0.2) is 27.8 Å². The maximum atomic E-state index is 15.4. The van der Waals surface area contributed by atoms with Gasteiger partial charge in [0.25, 0.3) is 5.56 Å². The number of ether oxygens (including phenoxy) is 2. The Kier molecular flexibility index (Phi) is 9.22. The molecule has 0 fully saturated rings.